The number of carbonyl (C=O) groups excluding carboxylic acids is 2. The first-order valence-electron chi connectivity index (χ1n) is 10.5. The molecule has 0 N–H and O–H groups in total. The van der Waals surface area contributed by atoms with Gasteiger partial charge in [-0.3, -0.25) is 9.59 Å². The predicted octanol–water partition coefficient (Wildman–Crippen LogP) is 3.65. The molecule has 2 fully saturated rings. The molecule has 3 heterocycles. The van der Waals surface area contributed by atoms with Crippen molar-refractivity contribution in [3.05, 3.63) is 52.2 Å². The van der Waals surface area contributed by atoms with E-state index in [1.54, 1.807) is 0 Å². The normalized spacial score (nSPS) is 20.4. The molecule has 1 aromatic heterocycles. The van der Waals surface area contributed by atoms with Crippen LogP contribution in [0.15, 0.2) is 41.8 Å². The average molecular weight is 412 g/mol. The van der Waals surface area contributed by atoms with Crippen LogP contribution in [0.4, 0.5) is 5.69 Å². The number of anilines is 1. The second-order valence-electron chi connectivity index (χ2n) is 8.07. The molecule has 4 rings (SSSR count). The standard InChI is InChI=1S/C23H29N3O2S/c1-18-7-9-20(10-8-18)24-12-4-13-25(15-14-24)22(27)19-5-2-11-26(17-19)23(28)21-6-3-16-29-21/h3,6-10,16,19H,2,4-5,11-15,17H2,1H3. The molecule has 2 aromatic rings. The first kappa shape index (κ1) is 20.0. The molecule has 2 saturated heterocycles. The van der Waals surface area contributed by atoms with Crippen LogP contribution in [0.2, 0.25) is 0 Å². The summed E-state index contributed by atoms with van der Waals surface area (Å²) in [6.07, 6.45) is 2.76. The van der Waals surface area contributed by atoms with Crippen molar-refractivity contribution in [2.24, 2.45) is 5.92 Å². The number of aryl methyl sites for hydroxylation is 1. The minimum Gasteiger partial charge on any atom is -0.370 e. The number of benzene rings is 1. The second kappa shape index (κ2) is 8.99. The minimum absolute atomic E-state index is 0.0684. The number of carbonyl (C=O) groups is 2. The first-order valence-corrected chi connectivity index (χ1v) is 11.4. The molecule has 154 valence electrons. The lowest BCUT2D eigenvalue weighted by Gasteiger charge is -2.34. The molecule has 1 unspecified atom stereocenters. The van der Waals surface area contributed by atoms with Crippen LogP contribution in [0, 0.1) is 12.8 Å². The third kappa shape index (κ3) is 4.64. The van der Waals surface area contributed by atoms with E-state index < -0.39 is 0 Å². The summed E-state index contributed by atoms with van der Waals surface area (Å²) in [4.78, 5) is 32.9. The van der Waals surface area contributed by atoms with Gasteiger partial charge in [0.15, 0.2) is 0 Å². The lowest BCUT2D eigenvalue weighted by atomic mass is 9.96. The van der Waals surface area contributed by atoms with Crippen molar-refractivity contribution in [2.75, 3.05) is 44.2 Å². The number of likely N-dealkylation sites (tertiary alicyclic amines) is 1. The van der Waals surface area contributed by atoms with Crippen LogP contribution < -0.4 is 4.90 Å². The zero-order valence-electron chi connectivity index (χ0n) is 17.0. The van der Waals surface area contributed by atoms with Gasteiger partial charge in [-0.25, -0.2) is 0 Å². The number of piperidine rings is 1. The molecule has 0 bridgehead atoms. The van der Waals surface area contributed by atoms with Gasteiger partial charge in [0.1, 0.15) is 0 Å². The molecule has 2 aliphatic heterocycles. The molecule has 2 amide bonds. The zero-order chi connectivity index (χ0) is 20.2. The molecule has 0 spiro atoms. The van der Waals surface area contributed by atoms with Gasteiger partial charge >= 0.3 is 0 Å². The predicted molar refractivity (Wildman–Crippen MR) is 118 cm³/mol. The van der Waals surface area contributed by atoms with Crippen molar-refractivity contribution in [1.82, 2.24) is 9.80 Å². The molecular formula is C23H29N3O2S. The van der Waals surface area contributed by atoms with Gasteiger partial charge in [0.2, 0.25) is 5.91 Å². The highest BCUT2D eigenvalue weighted by atomic mass is 32.1. The number of rotatable bonds is 3. The maximum absolute atomic E-state index is 13.2. The smallest absolute Gasteiger partial charge is 0.263 e. The van der Waals surface area contributed by atoms with Gasteiger partial charge in [-0.15, -0.1) is 11.3 Å². The SMILES string of the molecule is Cc1ccc(N2CCCN(C(=O)C3CCCN(C(=O)c4cccs4)C3)CC2)cc1. The fraction of sp³-hybridized carbons (Fsp3) is 0.478. The monoisotopic (exact) mass is 411 g/mol. The van der Waals surface area contributed by atoms with Crippen LogP contribution in [0.3, 0.4) is 0 Å². The van der Waals surface area contributed by atoms with Gasteiger partial charge in [-0.1, -0.05) is 23.8 Å². The quantitative estimate of drug-likeness (QED) is 0.774. The Labute approximate surface area is 176 Å². The van der Waals surface area contributed by atoms with Gasteiger partial charge in [-0.05, 0) is 49.8 Å². The Balaban J connectivity index is 1.36. The Bertz CT molecular complexity index is 834. The molecule has 6 heteroatoms. The number of hydrogen-bond donors (Lipinski definition) is 0. The molecule has 0 radical (unpaired) electrons. The molecule has 5 nitrogen and oxygen atoms in total. The lowest BCUT2D eigenvalue weighted by Crippen LogP contribution is -2.47. The van der Waals surface area contributed by atoms with E-state index >= 15 is 0 Å². The summed E-state index contributed by atoms with van der Waals surface area (Å²) >= 11 is 1.47. The molecule has 1 aromatic carbocycles. The Kier molecular flexibility index (Phi) is 6.19. The van der Waals surface area contributed by atoms with Crippen molar-refractivity contribution >= 4 is 28.8 Å². The summed E-state index contributed by atoms with van der Waals surface area (Å²) in [5.41, 5.74) is 2.50. The van der Waals surface area contributed by atoms with E-state index in [2.05, 4.69) is 36.1 Å². The lowest BCUT2D eigenvalue weighted by molar-refractivity contribution is -0.136. The van der Waals surface area contributed by atoms with Gasteiger partial charge in [0.25, 0.3) is 5.91 Å². The average Bonchev–Trinajstić information content (AvgIpc) is 3.18. The second-order valence-corrected chi connectivity index (χ2v) is 9.02. The van der Waals surface area contributed by atoms with Gasteiger partial charge in [-0.2, -0.15) is 0 Å². The highest BCUT2D eigenvalue weighted by Crippen LogP contribution is 2.23. The van der Waals surface area contributed by atoms with E-state index in [1.165, 1.54) is 22.6 Å². The Morgan fingerprint density at radius 3 is 2.48 bits per heavy atom. The summed E-state index contributed by atoms with van der Waals surface area (Å²) in [6, 6.07) is 12.4. The molecule has 0 aliphatic carbocycles. The van der Waals surface area contributed by atoms with E-state index in [-0.39, 0.29) is 17.7 Å². The van der Waals surface area contributed by atoms with E-state index in [0.29, 0.717) is 6.54 Å². The summed E-state index contributed by atoms with van der Waals surface area (Å²) in [7, 11) is 0. The number of thiophene rings is 1. The van der Waals surface area contributed by atoms with E-state index in [0.717, 1.165) is 56.9 Å². The van der Waals surface area contributed by atoms with Crippen molar-refractivity contribution in [1.29, 1.82) is 0 Å². The molecule has 2 aliphatic rings. The summed E-state index contributed by atoms with van der Waals surface area (Å²) in [6.45, 7) is 6.79. The van der Waals surface area contributed by atoms with Crippen molar-refractivity contribution < 1.29 is 9.59 Å². The van der Waals surface area contributed by atoms with Crippen molar-refractivity contribution in [3.8, 4) is 0 Å². The molecule has 0 saturated carbocycles. The highest BCUT2D eigenvalue weighted by Gasteiger charge is 2.32. The molecular weight excluding hydrogens is 382 g/mol. The van der Waals surface area contributed by atoms with E-state index in [1.807, 2.05) is 27.3 Å². The maximum atomic E-state index is 13.2. The number of hydrogen-bond acceptors (Lipinski definition) is 4. The van der Waals surface area contributed by atoms with Crippen LogP contribution in [0.25, 0.3) is 0 Å². The Hall–Kier alpha value is -2.34. The van der Waals surface area contributed by atoms with Crippen molar-refractivity contribution in [2.45, 2.75) is 26.2 Å². The fourth-order valence-corrected chi connectivity index (χ4v) is 5.02. The van der Waals surface area contributed by atoms with Crippen molar-refractivity contribution in [3.63, 3.8) is 0 Å². The fourth-order valence-electron chi connectivity index (χ4n) is 4.33. The molecule has 1 atom stereocenters. The van der Waals surface area contributed by atoms with E-state index in [4.69, 9.17) is 0 Å². The maximum Gasteiger partial charge on any atom is 0.263 e. The van der Waals surface area contributed by atoms with Gasteiger partial charge in [0, 0.05) is 45.0 Å². The summed E-state index contributed by atoms with van der Waals surface area (Å²) in [5, 5.41) is 1.93. The largest absolute Gasteiger partial charge is 0.370 e. The number of amides is 2. The third-order valence-corrected chi connectivity index (χ3v) is 6.85. The van der Waals surface area contributed by atoms with Crippen LogP contribution in [-0.2, 0) is 4.79 Å². The Morgan fingerprint density at radius 2 is 1.72 bits per heavy atom. The van der Waals surface area contributed by atoms with Crippen LogP contribution in [-0.4, -0.2) is 60.9 Å². The van der Waals surface area contributed by atoms with Crippen LogP contribution in [0.5, 0.6) is 0 Å². The Morgan fingerprint density at radius 1 is 0.931 bits per heavy atom. The van der Waals surface area contributed by atoms with Gasteiger partial charge < -0.3 is 14.7 Å². The highest BCUT2D eigenvalue weighted by molar-refractivity contribution is 7.12. The van der Waals surface area contributed by atoms with Crippen LogP contribution >= 0.6 is 11.3 Å². The third-order valence-electron chi connectivity index (χ3n) is 6.00. The summed E-state index contributed by atoms with van der Waals surface area (Å²) in [5.74, 6) is 0.219. The van der Waals surface area contributed by atoms with E-state index in [9.17, 15) is 9.59 Å². The topological polar surface area (TPSA) is 43.9 Å². The molecule has 29 heavy (non-hydrogen) atoms. The minimum atomic E-state index is -0.0708. The van der Waals surface area contributed by atoms with Gasteiger partial charge in [0.05, 0.1) is 10.8 Å². The number of nitrogens with zero attached hydrogens (tertiary/aromatic N) is 3. The zero-order valence-corrected chi connectivity index (χ0v) is 17.9. The first-order chi connectivity index (χ1) is 14.1. The van der Waals surface area contributed by atoms with Crippen LogP contribution in [0.1, 0.15) is 34.5 Å². The summed E-state index contributed by atoms with van der Waals surface area (Å²) < 4.78 is 0.